The molecular weight excluding hydrogens is 263 g/mol. The van der Waals surface area contributed by atoms with E-state index in [4.69, 9.17) is 27.4 Å². The Balaban J connectivity index is 3.59. The Labute approximate surface area is 95.9 Å². The molecule has 0 fully saturated rings. The zero-order valence-corrected chi connectivity index (χ0v) is 9.82. The van der Waals surface area contributed by atoms with Crippen molar-refractivity contribution in [2.24, 2.45) is 0 Å². The maximum atomic E-state index is 11.1. The molecule has 0 aromatic heterocycles. The molecule has 0 unspecified atom stereocenters. The highest BCUT2D eigenvalue weighted by atomic mass is 35.7. The number of hydrogen-bond acceptors (Lipinski definition) is 3. The van der Waals surface area contributed by atoms with Crippen LogP contribution < -0.4 is 0 Å². The van der Waals surface area contributed by atoms with E-state index in [2.05, 4.69) is 0 Å². The maximum absolute atomic E-state index is 11.1. The lowest BCUT2D eigenvalue weighted by atomic mass is 10.1. The van der Waals surface area contributed by atoms with Gasteiger partial charge in [-0.2, -0.15) is 0 Å². The fraction of sp³-hybridized carbons (Fsp3) is 0.125. The third-order valence-electron chi connectivity index (χ3n) is 1.73. The summed E-state index contributed by atoms with van der Waals surface area (Å²) in [5.41, 5.74) is 0.173. The van der Waals surface area contributed by atoms with Gasteiger partial charge < -0.3 is 5.11 Å². The Morgan fingerprint density at radius 1 is 1.40 bits per heavy atom. The summed E-state index contributed by atoms with van der Waals surface area (Å²) in [7, 11) is 1.07. The second-order valence-electron chi connectivity index (χ2n) is 2.85. The van der Waals surface area contributed by atoms with E-state index in [1.807, 2.05) is 0 Å². The van der Waals surface area contributed by atoms with Gasteiger partial charge in [0.05, 0.1) is 10.6 Å². The average molecular weight is 269 g/mol. The number of halogens is 2. The Morgan fingerprint density at radius 3 is 2.33 bits per heavy atom. The maximum Gasteiger partial charge on any atom is 0.335 e. The molecule has 0 aliphatic carbocycles. The molecule has 0 heterocycles. The third kappa shape index (κ3) is 2.62. The number of aryl methyl sites for hydroxylation is 1. The molecule has 0 aliphatic rings. The molecule has 1 aromatic carbocycles. The highest BCUT2D eigenvalue weighted by molar-refractivity contribution is 8.13. The van der Waals surface area contributed by atoms with Crippen molar-refractivity contribution in [3.63, 3.8) is 0 Å². The number of carboxylic acid groups (broad SMARTS) is 1. The quantitative estimate of drug-likeness (QED) is 0.836. The van der Waals surface area contributed by atoms with Crippen LogP contribution >= 0.6 is 22.3 Å². The van der Waals surface area contributed by atoms with Crippen LogP contribution in [0.2, 0.25) is 5.02 Å². The van der Waals surface area contributed by atoms with Gasteiger partial charge in [0.15, 0.2) is 0 Å². The van der Waals surface area contributed by atoms with E-state index in [-0.39, 0.29) is 15.5 Å². The Bertz CT molecular complexity index is 522. The van der Waals surface area contributed by atoms with Crippen LogP contribution in [0.1, 0.15) is 15.9 Å². The summed E-state index contributed by atoms with van der Waals surface area (Å²) in [5, 5.41) is 8.65. The predicted molar refractivity (Wildman–Crippen MR) is 56.2 cm³/mol. The first-order valence-corrected chi connectivity index (χ1v) is 6.40. The summed E-state index contributed by atoms with van der Waals surface area (Å²) in [4.78, 5) is 10.3. The minimum absolute atomic E-state index is 0.0602. The van der Waals surface area contributed by atoms with Crippen molar-refractivity contribution in [2.45, 2.75) is 11.8 Å². The van der Waals surface area contributed by atoms with Crippen molar-refractivity contribution >= 4 is 37.3 Å². The van der Waals surface area contributed by atoms with Crippen molar-refractivity contribution in [3.8, 4) is 0 Å². The lowest BCUT2D eigenvalue weighted by molar-refractivity contribution is 0.0696. The lowest BCUT2D eigenvalue weighted by Gasteiger charge is -2.05. The largest absolute Gasteiger partial charge is 0.478 e. The zero-order valence-electron chi connectivity index (χ0n) is 7.49. The van der Waals surface area contributed by atoms with Crippen LogP contribution in [0.25, 0.3) is 0 Å². The number of rotatable bonds is 2. The first kappa shape index (κ1) is 12.3. The van der Waals surface area contributed by atoms with Gasteiger partial charge in [-0.25, -0.2) is 13.2 Å². The Morgan fingerprint density at radius 2 is 1.93 bits per heavy atom. The van der Waals surface area contributed by atoms with Crippen molar-refractivity contribution in [2.75, 3.05) is 0 Å². The molecule has 4 nitrogen and oxygen atoms in total. The lowest BCUT2D eigenvalue weighted by Crippen LogP contribution is -2.01. The van der Waals surface area contributed by atoms with E-state index in [1.165, 1.54) is 13.0 Å². The highest BCUT2D eigenvalue weighted by Gasteiger charge is 2.19. The summed E-state index contributed by atoms with van der Waals surface area (Å²) in [6.07, 6.45) is 0. The second-order valence-corrected chi connectivity index (χ2v) is 5.76. The summed E-state index contributed by atoms with van der Waals surface area (Å²) in [6, 6.07) is 2.20. The average Bonchev–Trinajstić information content (AvgIpc) is 2.06. The topological polar surface area (TPSA) is 71.4 Å². The summed E-state index contributed by atoms with van der Waals surface area (Å²) < 4.78 is 22.1. The number of hydrogen-bond donors (Lipinski definition) is 1. The first-order valence-electron chi connectivity index (χ1n) is 3.71. The normalized spacial score (nSPS) is 11.4. The van der Waals surface area contributed by atoms with Crippen LogP contribution in [0.4, 0.5) is 0 Å². The standard InChI is InChI=1S/C8H6Cl2O4S/c1-4-2-5(8(11)12)3-6(7(4)9)15(10,13)14/h2-3H,1H3,(H,11,12). The molecule has 0 aliphatic heterocycles. The molecule has 0 atom stereocenters. The van der Waals surface area contributed by atoms with Crippen LogP contribution in [-0.2, 0) is 9.05 Å². The van der Waals surface area contributed by atoms with Gasteiger partial charge in [-0.15, -0.1) is 0 Å². The summed E-state index contributed by atoms with van der Waals surface area (Å²) in [6.45, 7) is 1.50. The molecule has 0 saturated carbocycles. The van der Waals surface area contributed by atoms with Crippen LogP contribution in [0.3, 0.4) is 0 Å². The van der Waals surface area contributed by atoms with E-state index in [1.54, 1.807) is 0 Å². The summed E-state index contributed by atoms with van der Waals surface area (Å²) in [5.74, 6) is -1.24. The Hall–Kier alpha value is -0.780. The number of carbonyl (C=O) groups is 1. The van der Waals surface area contributed by atoms with Gasteiger partial charge in [0.2, 0.25) is 0 Å². The molecule has 7 heteroatoms. The molecule has 82 valence electrons. The third-order valence-corrected chi connectivity index (χ3v) is 3.69. The highest BCUT2D eigenvalue weighted by Crippen LogP contribution is 2.29. The molecule has 1 N–H and O–H groups in total. The van der Waals surface area contributed by atoms with Gasteiger partial charge in [-0.3, -0.25) is 0 Å². The van der Waals surface area contributed by atoms with E-state index >= 15 is 0 Å². The van der Waals surface area contributed by atoms with Crippen molar-refractivity contribution in [3.05, 3.63) is 28.3 Å². The predicted octanol–water partition coefficient (Wildman–Crippen LogP) is 2.27. The van der Waals surface area contributed by atoms with E-state index < -0.39 is 15.0 Å². The van der Waals surface area contributed by atoms with Crippen molar-refractivity contribution < 1.29 is 18.3 Å². The van der Waals surface area contributed by atoms with E-state index in [0.29, 0.717) is 5.56 Å². The molecule has 0 saturated heterocycles. The summed E-state index contributed by atoms with van der Waals surface area (Å²) >= 11 is 5.70. The van der Waals surface area contributed by atoms with Crippen LogP contribution in [0, 0.1) is 6.92 Å². The van der Waals surface area contributed by atoms with Gasteiger partial charge in [0, 0.05) is 10.7 Å². The van der Waals surface area contributed by atoms with Crippen molar-refractivity contribution in [1.82, 2.24) is 0 Å². The molecule has 0 spiro atoms. The molecule has 0 bridgehead atoms. The molecule has 1 rings (SSSR count). The smallest absolute Gasteiger partial charge is 0.335 e. The first-order chi connectivity index (χ1) is 6.73. The Kier molecular flexibility index (Phi) is 3.28. The monoisotopic (exact) mass is 268 g/mol. The fourth-order valence-corrected chi connectivity index (χ4v) is 2.58. The fourth-order valence-electron chi connectivity index (χ4n) is 1.04. The molecule has 1 aromatic rings. The molecular formula is C8H6Cl2O4S. The van der Waals surface area contributed by atoms with Crippen LogP contribution in [0.15, 0.2) is 17.0 Å². The SMILES string of the molecule is Cc1cc(C(=O)O)cc(S(=O)(=O)Cl)c1Cl. The van der Waals surface area contributed by atoms with E-state index in [0.717, 1.165) is 6.07 Å². The number of benzene rings is 1. The van der Waals surface area contributed by atoms with Crippen LogP contribution in [-0.4, -0.2) is 19.5 Å². The number of carboxylic acids is 1. The molecule has 15 heavy (non-hydrogen) atoms. The molecule has 0 amide bonds. The van der Waals surface area contributed by atoms with Gasteiger partial charge in [-0.1, -0.05) is 11.6 Å². The van der Waals surface area contributed by atoms with Crippen molar-refractivity contribution in [1.29, 1.82) is 0 Å². The minimum atomic E-state index is -4.04. The van der Waals surface area contributed by atoms with Gasteiger partial charge >= 0.3 is 5.97 Å². The minimum Gasteiger partial charge on any atom is -0.478 e. The molecule has 0 radical (unpaired) electrons. The second kappa shape index (κ2) is 4.00. The zero-order chi connectivity index (χ0) is 11.8. The van der Waals surface area contributed by atoms with Gasteiger partial charge in [0.1, 0.15) is 4.90 Å². The van der Waals surface area contributed by atoms with Gasteiger partial charge in [-0.05, 0) is 24.6 Å². The van der Waals surface area contributed by atoms with Gasteiger partial charge in [0.25, 0.3) is 9.05 Å². The van der Waals surface area contributed by atoms with Crippen LogP contribution in [0.5, 0.6) is 0 Å². The number of aromatic carboxylic acids is 1. The van der Waals surface area contributed by atoms with E-state index in [9.17, 15) is 13.2 Å².